The average molecular weight is 472 g/mol. The molecule has 3 aromatic carbocycles. The topological polar surface area (TPSA) is 45.6 Å². The van der Waals surface area contributed by atoms with Crippen LogP contribution in [0.4, 0.5) is 5.69 Å². The van der Waals surface area contributed by atoms with E-state index in [1.807, 2.05) is 79.4 Å². The summed E-state index contributed by atoms with van der Waals surface area (Å²) in [4.78, 5) is 31.1. The van der Waals surface area contributed by atoms with Gasteiger partial charge in [0.1, 0.15) is 0 Å². The van der Waals surface area contributed by atoms with Crippen molar-refractivity contribution in [1.29, 1.82) is 0 Å². The lowest BCUT2D eigenvalue weighted by Gasteiger charge is -2.36. The Bertz CT molecular complexity index is 1450. The van der Waals surface area contributed by atoms with E-state index >= 15 is 0 Å². The summed E-state index contributed by atoms with van der Waals surface area (Å²) in [5.74, 6) is -0.0560. The Morgan fingerprint density at radius 2 is 1.53 bits per heavy atom. The molecule has 5 rings (SSSR count). The second kappa shape index (κ2) is 8.99. The Morgan fingerprint density at radius 3 is 2.24 bits per heavy atom. The zero-order valence-electron chi connectivity index (χ0n) is 19.3. The molecular weight excluding hydrogens is 446 g/mol. The Kier molecular flexibility index (Phi) is 5.88. The van der Waals surface area contributed by atoms with Gasteiger partial charge in [0.05, 0.1) is 5.56 Å². The molecule has 1 aromatic heterocycles. The smallest absolute Gasteiger partial charge is 0.262 e. The van der Waals surface area contributed by atoms with Gasteiger partial charge in [-0.3, -0.25) is 14.2 Å². The second-order valence-corrected chi connectivity index (χ2v) is 9.23. The summed E-state index contributed by atoms with van der Waals surface area (Å²) in [5.41, 5.74) is 4.51. The third-order valence-corrected chi connectivity index (χ3v) is 6.90. The number of fused-ring (bicyclic) bond motifs is 1. The molecule has 172 valence electrons. The Morgan fingerprint density at radius 1 is 0.794 bits per heavy atom. The van der Waals surface area contributed by atoms with Gasteiger partial charge in [0.15, 0.2) is 0 Å². The highest BCUT2D eigenvalue weighted by Crippen LogP contribution is 2.24. The molecule has 0 atom stereocenters. The maximum Gasteiger partial charge on any atom is 0.262 e. The van der Waals surface area contributed by atoms with Gasteiger partial charge in [-0.2, -0.15) is 0 Å². The number of carbonyl (C=O) groups is 1. The minimum Gasteiger partial charge on any atom is -0.368 e. The minimum absolute atomic E-state index is 0.0560. The fourth-order valence-corrected chi connectivity index (χ4v) is 4.72. The first-order valence-corrected chi connectivity index (χ1v) is 11.8. The fraction of sp³-hybridized carbons (Fsp3) is 0.214. The normalized spacial score (nSPS) is 14.0. The third kappa shape index (κ3) is 4.08. The predicted molar refractivity (Wildman–Crippen MR) is 139 cm³/mol. The van der Waals surface area contributed by atoms with Gasteiger partial charge in [-0.1, -0.05) is 41.9 Å². The number of piperazine rings is 1. The van der Waals surface area contributed by atoms with Crippen molar-refractivity contribution in [3.8, 4) is 5.69 Å². The van der Waals surface area contributed by atoms with Crippen LogP contribution in [-0.4, -0.2) is 41.6 Å². The number of rotatable bonds is 3. The first-order valence-electron chi connectivity index (χ1n) is 11.4. The predicted octanol–water partition coefficient (Wildman–Crippen LogP) is 5.22. The van der Waals surface area contributed by atoms with Crippen LogP contribution in [-0.2, 0) is 0 Å². The molecule has 5 nitrogen and oxygen atoms in total. The lowest BCUT2D eigenvalue weighted by atomic mass is 10.0. The molecule has 0 radical (unpaired) electrons. The van der Waals surface area contributed by atoms with Crippen molar-refractivity contribution >= 4 is 34.0 Å². The number of aryl methyl sites for hydroxylation is 2. The van der Waals surface area contributed by atoms with Gasteiger partial charge in [-0.15, -0.1) is 0 Å². The summed E-state index contributed by atoms with van der Waals surface area (Å²) in [6, 6.07) is 21.1. The number of carbonyl (C=O) groups excluding carboxylic acids is 1. The summed E-state index contributed by atoms with van der Waals surface area (Å²) in [6.45, 7) is 6.71. The van der Waals surface area contributed by atoms with E-state index < -0.39 is 0 Å². The van der Waals surface area contributed by atoms with E-state index in [2.05, 4.69) is 4.90 Å². The molecule has 1 fully saturated rings. The van der Waals surface area contributed by atoms with Crippen LogP contribution in [0.1, 0.15) is 21.5 Å². The molecule has 1 aliphatic rings. The SMILES string of the molecule is Cc1ccc(-n2cc(C(=O)N3CCN(c4cccc(Cl)c4)CC3)c3ccccc3c2=O)cc1C. The Labute approximate surface area is 203 Å². The molecule has 2 heterocycles. The summed E-state index contributed by atoms with van der Waals surface area (Å²) in [6.07, 6.45) is 1.71. The number of hydrogen-bond acceptors (Lipinski definition) is 3. The van der Waals surface area contributed by atoms with Crippen LogP contribution in [0.15, 0.2) is 77.7 Å². The van der Waals surface area contributed by atoms with Crippen LogP contribution in [0.3, 0.4) is 0 Å². The average Bonchev–Trinajstić information content (AvgIpc) is 2.86. The molecule has 1 aliphatic heterocycles. The molecule has 1 amide bonds. The van der Waals surface area contributed by atoms with Crippen LogP contribution in [0.25, 0.3) is 16.5 Å². The second-order valence-electron chi connectivity index (χ2n) is 8.79. The van der Waals surface area contributed by atoms with E-state index in [-0.39, 0.29) is 11.5 Å². The summed E-state index contributed by atoms with van der Waals surface area (Å²) in [7, 11) is 0. The molecule has 1 saturated heterocycles. The standard InChI is InChI=1S/C28H26ClN3O2/c1-19-10-11-23(16-20(19)2)32-18-26(24-8-3-4-9-25(24)28(32)34)27(33)31-14-12-30(13-15-31)22-7-5-6-21(29)17-22/h3-11,16-18H,12-15H2,1-2H3. The number of nitrogens with zero attached hydrogens (tertiary/aromatic N) is 3. The monoisotopic (exact) mass is 471 g/mol. The van der Waals surface area contributed by atoms with Crippen molar-refractivity contribution in [1.82, 2.24) is 9.47 Å². The molecule has 0 aliphatic carbocycles. The maximum absolute atomic E-state index is 13.7. The first-order chi connectivity index (χ1) is 16.4. The number of anilines is 1. The van der Waals surface area contributed by atoms with Gasteiger partial charge < -0.3 is 9.80 Å². The van der Waals surface area contributed by atoms with Gasteiger partial charge in [0, 0.05) is 59.5 Å². The van der Waals surface area contributed by atoms with Crippen molar-refractivity contribution in [2.24, 2.45) is 0 Å². The van der Waals surface area contributed by atoms with E-state index in [0.29, 0.717) is 34.4 Å². The van der Waals surface area contributed by atoms with Gasteiger partial charge in [0.25, 0.3) is 11.5 Å². The lowest BCUT2D eigenvalue weighted by molar-refractivity contribution is 0.0748. The highest BCUT2D eigenvalue weighted by atomic mass is 35.5. The molecule has 0 unspecified atom stereocenters. The van der Waals surface area contributed by atoms with Crippen LogP contribution in [0.5, 0.6) is 0 Å². The fourth-order valence-electron chi connectivity index (χ4n) is 4.54. The number of aromatic nitrogens is 1. The van der Waals surface area contributed by atoms with E-state index in [1.165, 1.54) is 0 Å². The molecular formula is C28H26ClN3O2. The number of benzene rings is 3. The highest BCUT2D eigenvalue weighted by molar-refractivity contribution is 6.30. The largest absolute Gasteiger partial charge is 0.368 e. The van der Waals surface area contributed by atoms with Crippen molar-refractivity contribution in [2.45, 2.75) is 13.8 Å². The zero-order valence-corrected chi connectivity index (χ0v) is 20.0. The van der Waals surface area contributed by atoms with Crippen LogP contribution >= 0.6 is 11.6 Å². The molecule has 6 heteroatoms. The molecule has 4 aromatic rings. The number of hydrogen-bond donors (Lipinski definition) is 0. The Balaban J connectivity index is 1.49. The molecule has 34 heavy (non-hydrogen) atoms. The van der Waals surface area contributed by atoms with Crippen molar-refractivity contribution in [3.63, 3.8) is 0 Å². The molecule has 0 saturated carbocycles. The van der Waals surface area contributed by atoms with Crippen molar-refractivity contribution in [2.75, 3.05) is 31.1 Å². The van der Waals surface area contributed by atoms with Gasteiger partial charge in [-0.25, -0.2) is 0 Å². The zero-order chi connectivity index (χ0) is 23.8. The van der Waals surface area contributed by atoms with Crippen LogP contribution in [0, 0.1) is 13.8 Å². The van der Waals surface area contributed by atoms with E-state index in [4.69, 9.17) is 11.6 Å². The summed E-state index contributed by atoms with van der Waals surface area (Å²) in [5, 5.41) is 1.94. The van der Waals surface area contributed by atoms with E-state index in [1.54, 1.807) is 16.8 Å². The lowest BCUT2D eigenvalue weighted by Crippen LogP contribution is -2.49. The van der Waals surface area contributed by atoms with Crippen LogP contribution < -0.4 is 10.5 Å². The number of pyridine rings is 1. The Hall–Kier alpha value is -3.57. The summed E-state index contributed by atoms with van der Waals surface area (Å²) < 4.78 is 1.60. The van der Waals surface area contributed by atoms with Gasteiger partial charge >= 0.3 is 0 Å². The molecule has 0 N–H and O–H groups in total. The summed E-state index contributed by atoms with van der Waals surface area (Å²) >= 11 is 6.16. The van der Waals surface area contributed by atoms with Gasteiger partial charge in [0.2, 0.25) is 0 Å². The molecule has 0 spiro atoms. The maximum atomic E-state index is 13.7. The van der Waals surface area contributed by atoms with Gasteiger partial charge in [-0.05, 0) is 61.4 Å². The highest BCUT2D eigenvalue weighted by Gasteiger charge is 2.25. The third-order valence-electron chi connectivity index (χ3n) is 6.66. The number of halogens is 1. The van der Waals surface area contributed by atoms with E-state index in [0.717, 1.165) is 35.6 Å². The quantitative estimate of drug-likeness (QED) is 0.411. The van der Waals surface area contributed by atoms with E-state index in [9.17, 15) is 9.59 Å². The minimum atomic E-state index is -0.124. The van der Waals surface area contributed by atoms with Crippen molar-refractivity contribution in [3.05, 3.63) is 105 Å². The van der Waals surface area contributed by atoms with Crippen molar-refractivity contribution < 1.29 is 4.79 Å². The molecule has 0 bridgehead atoms. The first kappa shape index (κ1) is 22.2. The number of amides is 1. The van der Waals surface area contributed by atoms with Crippen LogP contribution in [0.2, 0.25) is 5.02 Å².